The Kier molecular flexibility index (Phi) is 7.59. The second-order valence-corrected chi connectivity index (χ2v) is 7.25. The molecule has 1 fully saturated rings. The molecule has 31 heavy (non-hydrogen) atoms. The smallest absolute Gasteiger partial charge is 0.227 e. The van der Waals surface area contributed by atoms with E-state index in [1.165, 1.54) is 12.1 Å². The van der Waals surface area contributed by atoms with E-state index >= 15 is 0 Å². The number of carbonyl (C=O) groups excluding carboxylic acids is 3. The molecule has 2 aromatic rings. The standard InChI is InChI=1S/C23H26FN3O4/c1-2-31-20-6-4-3-5-19(20)27-15-17(14-22(27)29)23(30)26-12-11-25-21(28)13-16-7-9-18(24)10-8-16/h3-10,17H,2,11-15H2,1H3,(H,25,28)(H,26,30). The predicted octanol–water partition coefficient (Wildman–Crippen LogP) is 2.05. The molecule has 1 aliphatic heterocycles. The number of hydrogen-bond donors (Lipinski definition) is 2. The molecule has 7 nitrogen and oxygen atoms in total. The van der Waals surface area contributed by atoms with Crippen LogP contribution in [0.25, 0.3) is 0 Å². The zero-order valence-corrected chi connectivity index (χ0v) is 17.4. The first-order valence-corrected chi connectivity index (χ1v) is 10.3. The van der Waals surface area contributed by atoms with E-state index in [0.717, 1.165) is 0 Å². The van der Waals surface area contributed by atoms with Crippen molar-refractivity contribution in [3.8, 4) is 5.75 Å². The molecule has 3 amide bonds. The number of halogens is 1. The Morgan fingerprint density at radius 2 is 1.81 bits per heavy atom. The Hall–Kier alpha value is -3.42. The van der Waals surface area contributed by atoms with Crippen molar-refractivity contribution >= 4 is 23.4 Å². The van der Waals surface area contributed by atoms with Crippen LogP contribution in [0, 0.1) is 11.7 Å². The van der Waals surface area contributed by atoms with E-state index in [0.29, 0.717) is 23.6 Å². The average Bonchev–Trinajstić information content (AvgIpc) is 3.15. The molecule has 0 bridgehead atoms. The molecule has 3 rings (SSSR count). The lowest BCUT2D eigenvalue weighted by molar-refractivity contribution is -0.126. The Morgan fingerprint density at radius 3 is 2.55 bits per heavy atom. The van der Waals surface area contributed by atoms with E-state index in [4.69, 9.17) is 4.74 Å². The van der Waals surface area contributed by atoms with Crippen molar-refractivity contribution in [2.24, 2.45) is 5.92 Å². The Labute approximate surface area is 180 Å². The first-order valence-electron chi connectivity index (χ1n) is 10.3. The van der Waals surface area contributed by atoms with Gasteiger partial charge in [0.2, 0.25) is 17.7 Å². The van der Waals surface area contributed by atoms with Gasteiger partial charge in [0.25, 0.3) is 0 Å². The van der Waals surface area contributed by atoms with Gasteiger partial charge >= 0.3 is 0 Å². The van der Waals surface area contributed by atoms with Gasteiger partial charge in [-0.1, -0.05) is 24.3 Å². The third kappa shape index (κ3) is 6.04. The molecule has 0 spiro atoms. The number of hydrogen-bond acceptors (Lipinski definition) is 4. The number of ether oxygens (including phenoxy) is 1. The van der Waals surface area contributed by atoms with E-state index < -0.39 is 5.92 Å². The summed E-state index contributed by atoms with van der Waals surface area (Å²) in [7, 11) is 0. The largest absolute Gasteiger partial charge is 0.492 e. The zero-order chi connectivity index (χ0) is 22.2. The summed E-state index contributed by atoms with van der Waals surface area (Å²) in [6.45, 7) is 3.16. The fraction of sp³-hybridized carbons (Fsp3) is 0.348. The van der Waals surface area contributed by atoms with Crippen LogP contribution >= 0.6 is 0 Å². The highest BCUT2D eigenvalue weighted by atomic mass is 19.1. The Bertz CT molecular complexity index is 933. The van der Waals surface area contributed by atoms with Crippen molar-refractivity contribution in [1.29, 1.82) is 0 Å². The molecule has 0 radical (unpaired) electrons. The lowest BCUT2D eigenvalue weighted by Crippen LogP contribution is -2.38. The zero-order valence-electron chi connectivity index (χ0n) is 17.4. The third-order valence-corrected chi connectivity index (χ3v) is 4.98. The van der Waals surface area contributed by atoms with Crippen molar-refractivity contribution in [1.82, 2.24) is 10.6 Å². The number of nitrogens with zero attached hydrogens (tertiary/aromatic N) is 1. The lowest BCUT2D eigenvalue weighted by Gasteiger charge is -2.20. The summed E-state index contributed by atoms with van der Waals surface area (Å²) in [6.07, 6.45) is 0.267. The Morgan fingerprint density at radius 1 is 1.10 bits per heavy atom. The van der Waals surface area contributed by atoms with Gasteiger partial charge in [0.05, 0.1) is 24.6 Å². The van der Waals surface area contributed by atoms with E-state index in [2.05, 4.69) is 10.6 Å². The molecule has 0 aliphatic carbocycles. The van der Waals surface area contributed by atoms with Gasteiger partial charge in [-0.25, -0.2) is 4.39 Å². The van der Waals surface area contributed by atoms with Crippen LogP contribution in [0.5, 0.6) is 5.75 Å². The van der Waals surface area contributed by atoms with Gasteiger partial charge < -0.3 is 20.3 Å². The highest BCUT2D eigenvalue weighted by Crippen LogP contribution is 2.33. The molecule has 8 heteroatoms. The third-order valence-electron chi connectivity index (χ3n) is 4.98. The summed E-state index contributed by atoms with van der Waals surface area (Å²) in [6, 6.07) is 13.0. The number of benzene rings is 2. The van der Waals surface area contributed by atoms with E-state index in [1.54, 1.807) is 29.2 Å². The van der Waals surface area contributed by atoms with Gasteiger partial charge in [0.15, 0.2) is 0 Å². The van der Waals surface area contributed by atoms with Crippen LogP contribution in [0.4, 0.5) is 10.1 Å². The molecule has 1 atom stereocenters. The molecule has 1 aliphatic rings. The summed E-state index contributed by atoms with van der Waals surface area (Å²) < 4.78 is 18.5. The van der Waals surface area contributed by atoms with Crippen molar-refractivity contribution in [2.75, 3.05) is 31.1 Å². The van der Waals surface area contributed by atoms with Crippen LogP contribution < -0.4 is 20.3 Å². The second kappa shape index (κ2) is 10.6. The molecule has 2 aromatic carbocycles. The van der Waals surface area contributed by atoms with Gasteiger partial charge in [0.1, 0.15) is 11.6 Å². The fourth-order valence-electron chi connectivity index (χ4n) is 3.46. The minimum absolute atomic E-state index is 0.125. The number of rotatable bonds is 9. The SMILES string of the molecule is CCOc1ccccc1N1CC(C(=O)NCCNC(=O)Cc2ccc(F)cc2)CC1=O. The quantitative estimate of drug-likeness (QED) is 0.600. The predicted molar refractivity (Wildman–Crippen MR) is 114 cm³/mol. The van der Waals surface area contributed by atoms with Crippen LogP contribution in [-0.2, 0) is 20.8 Å². The minimum Gasteiger partial charge on any atom is -0.492 e. The molecule has 1 heterocycles. The Balaban J connectivity index is 1.43. The van der Waals surface area contributed by atoms with Crippen molar-refractivity contribution < 1.29 is 23.5 Å². The van der Waals surface area contributed by atoms with Crippen LogP contribution in [0.3, 0.4) is 0 Å². The van der Waals surface area contributed by atoms with Gasteiger partial charge in [-0.15, -0.1) is 0 Å². The maximum Gasteiger partial charge on any atom is 0.227 e. The molecule has 2 N–H and O–H groups in total. The molecule has 0 aromatic heterocycles. The van der Waals surface area contributed by atoms with E-state index in [-0.39, 0.29) is 56.0 Å². The number of amides is 3. The minimum atomic E-state index is -0.461. The number of para-hydroxylation sites is 2. The normalized spacial score (nSPS) is 15.6. The number of anilines is 1. The summed E-state index contributed by atoms with van der Waals surface area (Å²) in [5.74, 6) is -0.759. The molecular weight excluding hydrogens is 401 g/mol. The van der Waals surface area contributed by atoms with Crippen molar-refractivity contribution in [3.63, 3.8) is 0 Å². The highest BCUT2D eigenvalue weighted by Gasteiger charge is 2.36. The number of nitrogens with one attached hydrogen (secondary N) is 2. The van der Waals surface area contributed by atoms with Gasteiger partial charge in [0, 0.05) is 26.1 Å². The van der Waals surface area contributed by atoms with Crippen molar-refractivity contribution in [3.05, 3.63) is 59.9 Å². The van der Waals surface area contributed by atoms with Gasteiger partial charge in [-0.05, 0) is 36.8 Å². The maximum atomic E-state index is 12.9. The average molecular weight is 427 g/mol. The molecular formula is C23H26FN3O4. The topological polar surface area (TPSA) is 87.7 Å². The van der Waals surface area contributed by atoms with Crippen LogP contribution in [0.1, 0.15) is 18.9 Å². The highest BCUT2D eigenvalue weighted by molar-refractivity contribution is 6.01. The molecule has 1 unspecified atom stereocenters. The van der Waals surface area contributed by atoms with E-state index in [1.807, 2.05) is 19.1 Å². The molecule has 0 saturated carbocycles. The van der Waals surface area contributed by atoms with Gasteiger partial charge in [-0.3, -0.25) is 14.4 Å². The van der Waals surface area contributed by atoms with Crippen LogP contribution in [-0.4, -0.2) is 44.0 Å². The van der Waals surface area contributed by atoms with Gasteiger partial charge in [-0.2, -0.15) is 0 Å². The van der Waals surface area contributed by atoms with Crippen LogP contribution in [0.2, 0.25) is 0 Å². The second-order valence-electron chi connectivity index (χ2n) is 7.25. The summed E-state index contributed by atoms with van der Waals surface area (Å²) in [4.78, 5) is 38.5. The lowest BCUT2D eigenvalue weighted by atomic mass is 10.1. The molecule has 164 valence electrons. The summed E-state index contributed by atoms with van der Waals surface area (Å²) in [5, 5.41) is 5.49. The fourth-order valence-corrected chi connectivity index (χ4v) is 3.46. The molecule has 1 saturated heterocycles. The maximum absolute atomic E-state index is 12.9. The first-order chi connectivity index (χ1) is 15.0. The van der Waals surface area contributed by atoms with E-state index in [9.17, 15) is 18.8 Å². The monoisotopic (exact) mass is 427 g/mol. The summed E-state index contributed by atoms with van der Waals surface area (Å²) >= 11 is 0. The first kappa shape index (κ1) is 22.3. The van der Waals surface area contributed by atoms with Crippen molar-refractivity contribution in [2.45, 2.75) is 19.8 Å². The number of carbonyl (C=O) groups is 3. The van der Waals surface area contributed by atoms with Crippen LogP contribution in [0.15, 0.2) is 48.5 Å². The summed E-state index contributed by atoms with van der Waals surface area (Å²) in [5.41, 5.74) is 1.37.